The smallest absolute Gasteiger partial charge is 0.155 e. The lowest BCUT2D eigenvalue weighted by molar-refractivity contribution is -0.114. The Morgan fingerprint density at radius 3 is 2.62 bits per heavy atom. The number of ether oxygens (including phenoxy) is 1. The van der Waals surface area contributed by atoms with E-state index in [1.165, 1.54) is 6.08 Å². The second-order valence-corrected chi connectivity index (χ2v) is 3.40. The van der Waals surface area contributed by atoms with Crippen LogP contribution in [0.4, 0.5) is 0 Å². The molecule has 0 saturated heterocycles. The first-order valence-electron chi connectivity index (χ1n) is 4.93. The highest BCUT2D eigenvalue weighted by atomic mass is 16.5. The van der Waals surface area contributed by atoms with Crippen LogP contribution in [0.1, 0.15) is 39.5 Å². The summed E-state index contributed by atoms with van der Waals surface area (Å²) in [5, 5.41) is 0. The lowest BCUT2D eigenvalue weighted by atomic mass is 10.1. The van der Waals surface area contributed by atoms with Crippen molar-refractivity contribution in [2.24, 2.45) is 0 Å². The standard InChI is InChI=1S/C11H20O2/c1-4-11(12)8-6-5-7-9-13-10(2)3/h4,10H,1,5-9H2,2-3H3. The molecule has 0 aliphatic carbocycles. The summed E-state index contributed by atoms with van der Waals surface area (Å²) < 4.78 is 5.37. The molecule has 0 bridgehead atoms. The summed E-state index contributed by atoms with van der Waals surface area (Å²) in [5.74, 6) is 0.143. The van der Waals surface area contributed by atoms with Gasteiger partial charge in [-0.15, -0.1) is 0 Å². The Labute approximate surface area is 81.0 Å². The SMILES string of the molecule is C=CC(=O)CCCCCOC(C)C. The van der Waals surface area contributed by atoms with Gasteiger partial charge in [0.15, 0.2) is 5.78 Å². The largest absolute Gasteiger partial charge is 0.379 e. The zero-order valence-electron chi connectivity index (χ0n) is 8.71. The van der Waals surface area contributed by atoms with Crippen molar-refractivity contribution >= 4 is 5.78 Å². The van der Waals surface area contributed by atoms with E-state index in [2.05, 4.69) is 6.58 Å². The zero-order chi connectivity index (χ0) is 10.1. The topological polar surface area (TPSA) is 26.3 Å². The molecule has 13 heavy (non-hydrogen) atoms. The van der Waals surface area contributed by atoms with Gasteiger partial charge in [0.05, 0.1) is 6.10 Å². The third kappa shape index (κ3) is 9.28. The Morgan fingerprint density at radius 2 is 2.08 bits per heavy atom. The highest BCUT2D eigenvalue weighted by Crippen LogP contribution is 2.02. The van der Waals surface area contributed by atoms with E-state index in [-0.39, 0.29) is 5.78 Å². The average molecular weight is 184 g/mol. The van der Waals surface area contributed by atoms with Crippen LogP contribution in [0.2, 0.25) is 0 Å². The van der Waals surface area contributed by atoms with Gasteiger partial charge in [0, 0.05) is 13.0 Å². The van der Waals surface area contributed by atoms with E-state index >= 15 is 0 Å². The molecule has 0 aromatic heterocycles. The number of carbonyl (C=O) groups is 1. The Bertz CT molecular complexity index is 150. The van der Waals surface area contributed by atoms with Gasteiger partial charge in [0.1, 0.15) is 0 Å². The fraction of sp³-hybridized carbons (Fsp3) is 0.727. The van der Waals surface area contributed by atoms with Gasteiger partial charge in [-0.1, -0.05) is 13.0 Å². The van der Waals surface area contributed by atoms with Crippen molar-refractivity contribution < 1.29 is 9.53 Å². The van der Waals surface area contributed by atoms with Crippen LogP contribution in [-0.2, 0) is 9.53 Å². The maximum Gasteiger partial charge on any atom is 0.155 e. The van der Waals surface area contributed by atoms with Crippen LogP contribution < -0.4 is 0 Å². The summed E-state index contributed by atoms with van der Waals surface area (Å²) in [6.07, 6.45) is 5.40. The number of allylic oxidation sites excluding steroid dienone is 1. The van der Waals surface area contributed by atoms with Gasteiger partial charge < -0.3 is 4.74 Å². The summed E-state index contributed by atoms with van der Waals surface area (Å²) in [4.78, 5) is 10.8. The fourth-order valence-corrected chi connectivity index (χ4v) is 0.999. The van der Waals surface area contributed by atoms with Crippen LogP contribution >= 0.6 is 0 Å². The highest BCUT2D eigenvalue weighted by molar-refractivity contribution is 5.88. The normalized spacial score (nSPS) is 10.4. The van der Waals surface area contributed by atoms with E-state index in [1.807, 2.05) is 13.8 Å². The molecule has 0 aliphatic rings. The number of carbonyl (C=O) groups excluding carboxylic acids is 1. The number of unbranched alkanes of at least 4 members (excludes halogenated alkanes) is 2. The molecule has 0 radical (unpaired) electrons. The lowest BCUT2D eigenvalue weighted by Crippen LogP contribution is -2.03. The van der Waals surface area contributed by atoms with Crippen molar-refractivity contribution in [3.63, 3.8) is 0 Å². The molecule has 0 amide bonds. The first-order chi connectivity index (χ1) is 6.16. The quantitative estimate of drug-likeness (QED) is 0.428. The molecule has 0 aromatic carbocycles. The molecule has 0 aliphatic heterocycles. The average Bonchev–Trinajstić information content (AvgIpc) is 2.10. The van der Waals surface area contributed by atoms with Crippen molar-refractivity contribution in [3.8, 4) is 0 Å². The number of hydrogen-bond donors (Lipinski definition) is 0. The molecule has 0 spiro atoms. The van der Waals surface area contributed by atoms with Crippen LogP contribution in [0, 0.1) is 0 Å². The molecular weight excluding hydrogens is 164 g/mol. The Morgan fingerprint density at radius 1 is 1.38 bits per heavy atom. The van der Waals surface area contributed by atoms with E-state index < -0.39 is 0 Å². The number of rotatable bonds is 8. The molecular formula is C11H20O2. The Hall–Kier alpha value is -0.630. The van der Waals surface area contributed by atoms with Gasteiger partial charge in [0.25, 0.3) is 0 Å². The van der Waals surface area contributed by atoms with Crippen molar-refractivity contribution in [1.29, 1.82) is 0 Å². The second-order valence-electron chi connectivity index (χ2n) is 3.40. The Balaban J connectivity index is 3.08. The van der Waals surface area contributed by atoms with Gasteiger partial charge >= 0.3 is 0 Å². The third-order valence-corrected chi connectivity index (χ3v) is 1.75. The first-order valence-corrected chi connectivity index (χ1v) is 4.93. The molecule has 0 N–H and O–H groups in total. The summed E-state index contributed by atoms with van der Waals surface area (Å²) >= 11 is 0. The Kier molecular flexibility index (Phi) is 7.60. The van der Waals surface area contributed by atoms with Crippen LogP contribution in [0.5, 0.6) is 0 Å². The molecule has 0 fully saturated rings. The number of ketones is 1. The lowest BCUT2D eigenvalue weighted by Gasteiger charge is -2.06. The van der Waals surface area contributed by atoms with Gasteiger partial charge in [-0.2, -0.15) is 0 Å². The molecule has 0 aromatic rings. The highest BCUT2D eigenvalue weighted by Gasteiger charge is 1.96. The van der Waals surface area contributed by atoms with Crippen LogP contribution in [-0.4, -0.2) is 18.5 Å². The summed E-state index contributed by atoms with van der Waals surface area (Å²) in [6, 6.07) is 0. The molecule has 0 atom stereocenters. The summed E-state index contributed by atoms with van der Waals surface area (Å²) in [6.45, 7) is 8.29. The first kappa shape index (κ1) is 12.4. The minimum atomic E-state index is 0.143. The molecule has 2 heteroatoms. The van der Waals surface area contributed by atoms with Crippen molar-refractivity contribution in [1.82, 2.24) is 0 Å². The predicted molar refractivity (Wildman–Crippen MR) is 54.8 cm³/mol. The molecule has 76 valence electrons. The van der Waals surface area contributed by atoms with Crippen LogP contribution in [0.25, 0.3) is 0 Å². The molecule has 2 nitrogen and oxygen atoms in total. The van der Waals surface area contributed by atoms with Crippen molar-refractivity contribution in [2.75, 3.05) is 6.61 Å². The van der Waals surface area contributed by atoms with E-state index in [0.29, 0.717) is 12.5 Å². The third-order valence-electron chi connectivity index (χ3n) is 1.75. The maximum atomic E-state index is 10.8. The molecule has 0 unspecified atom stereocenters. The van der Waals surface area contributed by atoms with Crippen molar-refractivity contribution in [3.05, 3.63) is 12.7 Å². The number of hydrogen-bond acceptors (Lipinski definition) is 2. The van der Waals surface area contributed by atoms with E-state index in [0.717, 1.165) is 25.9 Å². The minimum Gasteiger partial charge on any atom is -0.379 e. The van der Waals surface area contributed by atoms with E-state index in [1.54, 1.807) is 0 Å². The van der Waals surface area contributed by atoms with Crippen molar-refractivity contribution in [2.45, 2.75) is 45.6 Å². The predicted octanol–water partition coefficient (Wildman–Crippen LogP) is 2.73. The van der Waals surface area contributed by atoms with Crippen LogP contribution in [0.3, 0.4) is 0 Å². The zero-order valence-corrected chi connectivity index (χ0v) is 8.71. The summed E-state index contributed by atoms with van der Waals surface area (Å²) in [5.41, 5.74) is 0. The minimum absolute atomic E-state index is 0.143. The van der Waals surface area contributed by atoms with Gasteiger partial charge in [-0.05, 0) is 32.8 Å². The van der Waals surface area contributed by atoms with Gasteiger partial charge in [-0.25, -0.2) is 0 Å². The fourth-order valence-electron chi connectivity index (χ4n) is 0.999. The second kappa shape index (κ2) is 7.99. The summed E-state index contributed by atoms with van der Waals surface area (Å²) in [7, 11) is 0. The molecule has 0 heterocycles. The molecule has 0 saturated carbocycles. The van der Waals surface area contributed by atoms with Crippen LogP contribution in [0.15, 0.2) is 12.7 Å². The van der Waals surface area contributed by atoms with E-state index in [4.69, 9.17) is 4.74 Å². The van der Waals surface area contributed by atoms with Gasteiger partial charge in [-0.3, -0.25) is 4.79 Å². The maximum absolute atomic E-state index is 10.8. The van der Waals surface area contributed by atoms with Gasteiger partial charge in [0.2, 0.25) is 0 Å². The molecule has 0 rings (SSSR count). The monoisotopic (exact) mass is 184 g/mol. The van der Waals surface area contributed by atoms with E-state index in [9.17, 15) is 4.79 Å².